The Morgan fingerprint density at radius 3 is 2.50 bits per heavy atom. The van der Waals surface area contributed by atoms with E-state index in [0.29, 0.717) is 19.0 Å². The number of H-pyrrole nitrogens is 1. The number of aromatic nitrogens is 1. The van der Waals surface area contributed by atoms with Gasteiger partial charge in [0.25, 0.3) is 0 Å². The molecule has 2 aromatic carbocycles. The van der Waals surface area contributed by atoms with Crippen LogP contribution in [0.4, 0.5) is 4.79 Å². The fourth-order valence-corrected chi connectivity index (χ4v) is 5.44. The van der Waals surface area contributed by atoms with Crippen molar-refractivity contribution in [2.24, 2.45) is 5.92 Å². The summed E-state index contributed by atoms with van der Waals surface area (Å²) in [5.41, 5.74) is 3.83. The number of aromatic amines is 1. The fraction of sp³-hybridized carbons (Fsp3) is 0.423. The van der Waals surface area contributed by atoms with Crippen molar-refractivity contribution in [3.8, 4) is 0 Å². The van der Waals surface area contributed by atoms with Gasteiger partial charge in [-0.1, -0.05) is 61.3 Å². The van der Waals surface area contributed by atoms with E-state index in [0.717, 1.165) is 37.6 Å². The minimum atomic E-state index is -0.110. The van der Waals surface area contributed by atoms with Crippen LogP contribution in [0.2, 0.25) is 0 Å². The lowest BCUT2D eigenvalue weighted by Gasteiger charge is -2.46. The first kappa shape index (κ1) is 22.7. The summed E-state index contributed by atoms with van der Waals surface area (Å²) in [6.45, 7) is 1.28. The van der Waals surface area contributed by atoms with Gasteiger partial charge < -0.3 is 10.3 Å². The Hall–Kier alpha value is -2.44. The van der Waals surface area contributed by atoms with Gasteiger partial charge in [0.15, 0.2) is 0 Å². The topological polar surface area (TPSA) is 51.4 Å². The molecule has 0 unspecified atom stereocenters. The Kier molecular flexibility index (Phi) is 7.11. The number of amides is 2. The summed E-state index contributed by atoms with van der Waals surface area (Å²) in [5, 5.41) is 4.24. The van der Waals surface area contributed by atoms with Crippen LogP contribution >= 0.6 is 12.8 Å². The molecule has 1 aromatic heterocycles. The lowest BCUT2D eigenvalue weighted by molar-refractivity contribution is 0.0744. The van der Waals surface area contributed by atoms with E-state index in [1.807, 2.05) is 18.3 Å². The zero-order valence-electron chi connectivity index (χ0n) is 19.1. The highest BCUT2D eigenvalue weighted by atomic mass is 32.1. The van der Waals surface area contributed by atoms with E-state index in [9.17, 15) is 4.79 Å². The van der Waals surface area contributed by atoms with Crippen molar-refractivity contribution in [3.05, 3.63) is 71.9 Å². The van der Waals surface area contributed by atoms with E-state index in [-0.39, 0.29) is 11.6 Å². The third-order valence-corrected chi connectivity index (χ3v) is 7.46. The van der Waals surface area contributed by atoms with E-state index in [1.54, 1.807) is 4.31 Å². The van der Waals surface area contributed by atoms with Crippen molar-refractivity contribution in [1.29, 1.82) is 0 Å². The van der Waals surface area contributed by atoms with Crippen LogP contribution in [0.3, 0.4) is 0 Å². The van der Waals surface area contributed by atoms with Gasteiger partial charge in [-0.3, -0.25) is 9.21 Å². The number of nitrogens with zero attached hydrogens (tertiary/aromatic N) is 2. The molecule has 0 aliphatic heterocycles. The second-order valence-electron chi connectivity index (χ2n) is 9.16. The minimum absolute atomic E-state index is 0.0841. The Morgan fingerprint density at radius 2 is 1.78 bits per heavy atom. The highest BCUT2D eigenvalue weighted by Gasteiger charge is 2.39. The first-order valence-corrected chi connectivity index (χ1v) is 11.9. The molecule has 5 nitrogen and oxygen atoms in total. The maximum Gasteiger partial charge on any atom is 0.327 e. The van der Waals surface area contributed by atoms with E-state index in [4.69, 9.17) is 0 Å². The van der Waals surface area contributed by atoms with Crippen molar-refractivity contribution in [2.75, 3.05) is 27.2 Å². The van der Waals surface area contributed by atoms with Crippen molar-refractivity contribution in [1.82, 2.24) is 19.5 Å². The normalized spacial score (nSPS) is 21.1. The number of urea groups is 1. The summed E-state index contributed by atoms with van der Waals surface area (Å²) >= 11 is 4.50. The van der Waals surface area contributed by atoms with Crippen molar-refractivity contribution < 1.29 is 4.79 Å². The van der Waals surface area contributed by atoms with Crippen LogP contribution in [0.15, 0.2) is 60.8 Å². The molecule has 0 atom stereocenters. The first-order valence-electron chi connectivity index (χ1n) is 11.5. The summed E-state index contributed by atoms with van der Waals surface area (Å²) in [6.07, 6.45) is 7.20. The van der Waals surface area contributed by atoms with Gasteiger partial charge in [0.1, 0.15) is 0 Å². The average Bonchev–Trinajstić information content (AvgIpc) is 3.23. The van der Waals surface area contributed by atoms with Crippen LogP contribution in [-0.2, 0) is 12.0 Å². The molecule has 1 aliphatic carbocycles. The lowest BCUT2D eigenvalue weighted by atomic mass is 9.72. The Morgan fingerprint density at radius 1 is 1.09 bits per heavy atom. The van der Waals surface area contributed by atoms with Gasteiger partial charge in [0, 0.05) is 35.7 Å². The predicted octanol–water partition coefficient (Wildman–Crippen LogP) is 5.21. The van der Waals surface area contributed by atoms with E-state index < -0.39 is 0 Å². The molecule has 0 saturated heterocycles. The standard InChI is InChI=1S/C26H34N4OS/c1-29(2)26(22-8-4-3-5-9-22)15-12-20(13-16-26)19-30(32)25(31)27-17-14-21-18-28-24-11-7-6-10-23(21)24/h3-11,18,20,28,32H,12-17,19H2,1-2H3,(H,27,31). The lowest BCUT2D eigenvalue weighted by Crippen LogP contribution is -2.46. The maximum absolute atomic E-state index is 12.6. The van der Waals surface area contributed by atoms with Crippen molar-refractivity contribution >= 4 is 29.7 Å². The summed E-state index contributed by atoms with van der Waals surface area (Å²) in [5.74, 6) is 0.476. The number of fused-ring (bicyclic) bond motifs is 1. The monoisotopic (exact) mass is 450 g/mol. The molecule has 6 heteroatoms. The van der Waals surface area contributed by atoms with Crippen LogP contribution < -0.4 is 5.32 Å². The molecular weight excluding hydrogens is 416 g/mol. The third kappa shape index (κ3) is 4.81. The number of carbonyl (C=O) groups is 1. The molecule has 170 valence electrons. The van der Waals surface area contributed by atoms with Crippen molar-refractivity contribution in [2.45, 2.75) is 37.6 Å². The summed E-state index contributed by atoms with van der Waals surface area (Å²) < 4.78 is 1.56. The maximum atomic E-state index is 12.6. The number of benzene rings is 2. The fourth-order valence-electron chi connectivity index (χ4n) is 5.14. The van der Waals surface area contributed by atoms with E-state index in [2.05, 4.69) is 84.6 Å². The highest BCUT2D eigenvalue weighted by Crippen LogP contribution is 2.43. The van der Waals surface area contributed by atoms with Gasteiger partial charge in [-0.25, -0.2) is 4.79 Å². The molecule has 1 fully saturated rings. The molecule has 0 bridgehead atoms. The molecule has 32 heavy (non-hydrogen) atoms. The van der Waals surface area contributed by atoms with E-state index >= 15 is 0 Å². The number of carbonyl (C=O) groups excluding carboxylic acids is 1. The average molecular weight is 451 g/mol. The molecule has 1 heterocycles. The molecule has 0 spiro atoms. The van der Waals surface area contributed by atoms with Crippen LogP contribution in [0.25, 0.3) is 10.9 Å². The zero-order valence-corrected chi connectivity index (χ0v) is 19.9. The molecule has 2 N–H and O–H groups in total. The molecule has 2 amide bonds. The van der Waals surface area contributed by atoms with Crippen LogP contribution in [0, 0.1) is 5.92 Å². The summed E-state index contributed by atoms with van der Waals surface area (Å²) in [4.78, 5) is 18.2. The van der Waals surface area contributed by atoms with Crippen LogP contribution in [-0.4, -0.2) is 47.4 Å². The summed E-state index contributed by atoms with van der Waals surface area (Å²) in [7, 11) is 4.36. The summed E-state index contributed by atoms with van der Waals surface area (Å²) in [6, 6.07) is 19.0. The second-order valence-corrected chi connectivity index (χ2v) is 9.64. The van der Waals surface area contributed by atoms with Gasteiger partial charge in [-0.2, -0.15) is 0 Å². The molecule has 1 saturated carbocycles. The van der Waals surface area contributed by atoms with E-state index in [1.165, 1.54) is 16.5 Å². The van der Waals surface area contributed by atoms with Gasteiger partial charge in [-0.05, 0) is 69.3 Å². The van der Waals surface area contributed by atoms with Gasteiger partial charge >= 0.3 is 6.03 Å². The number of rotatable bonds is 7. The van der Waals surface area contributed by atoms with Crippen LogP contribution in [0.5, 0.6) is 0 Å². The molecule has 1 aliphatic rings. The third-order valence-electron chi connectivity index (χ3n) is 7.11. The van der Waals surface area contributed by atoms with Gasteiger partial charge in [0.2, 0.25) is 0 Å². The Balaban J connectivity index is 1.26. The zero-order chi connectivity index (χ0) is 22.6. The van der Waals surface area contributed by atoms with Crippen molar-refractivity contribution in [3.63, 3.8) is 0 Å². The molecule has 0 radical (unpaired) electrons. The Labute approximate surface area is 196 Å². The number of para-hydroxylation sites is 1. The molecule has 3 aromatic rings. The predicted molar refractivity (Wildman–Crippen MR) is 135 cm³/mol. The molecular formula is C26H34N4OS. The first-order chi connectivity index (χ1) is 15.5. The minimum Gasteiger partial charge on any atom is -0.361 e. The Bertz CT molecular complexity index is 1020. The number of nitrogens with one attached hydrogen (secondary N) is 2. The SMILES string of the molecule is CN(C)C1(c2ccccc2)CCC(CN(S)C(=O)NCCc2c[nH]c3ccccc23)CC1. The van der Waals surface area contributed by atoms with Crippen LogP contribution in [0.1, 0.15) is 36.8 Å². The highest BCUT2D eigenvalue weighted by molar-refractivity contribution is 7.78. The number of thiol groups is 1. The second kappa shape index (κ2) is 10.0. The van der Waals surface area contributed by atoms with Gasteiger partial charge in [-0.15, -0.1) is 0 Å². The van der Waals surface area contributed by atoms with Gasteiger partial charge in [0.05, 0.1) is 0 Å². The number of hydrogen-bond acceptors (Lipinski definition) is 3. The smallest absolute Gasteiger partial charge is 0.327 e. The quantitative estimate of drug-likeness (QED) is 0.433. The molecule has 4 rings (SSSR count). The largest absolute Gasteiger partial charge is 0.361 e. The number of hydrogen-bond donors (Lipinski definition) is 3.